The minimum Gasteiger partial charge on any atom is -0.435 e. The Labute approximate surface area is 161 Å². The number of amides is 1. The van der Waals surface area contributed by atoms with Crippen molar-refractivity contribution < 1.29 is 22.7 Å². The summed E-state index contributed by atoms with van der Waals surface area (Å²) in [5.74, 6) is 0.216. The summed E-state index contributed by atoms with van der Waals surface area (Å²) < 4.78 is 33.9. The zero-order valence-electron chi connectivity index (χ0n) is 14.0. The number of nitrogens with zero attached hydrogens (tertiary/aromatic N) is 3. The van der Waals surface area contributed by atoms with Gasteiger partial charge in [-0.2, -0.15) is 8.78 Å². The van der Waals surface area contributed by atoms with Crippen LogP contribution in [0.25, 0.3) is 0 Å². The molecule has 1 N–H and O–H groups in total. The molecule has 0 aliphatic carbocycles. The molecular weight excluding hydrogens is 398 g/mol. The predicted molar refractivity (Wildman–Crippen MR) is 96.4 cm³/mol. The molecule has 3 rings (SSSR count). The van der Waals surface area contributed by atoms with Crippen LogP contribution in [0.5, 0.6) is 5.75 Å². The highest BCUT2D eigenvalue weighted by Crippen LogP contribution is 2.20. The lowest BCUT2D eigenvalue weighted by Crippen LogP contribution is -2.14. The Morgan fingerprint density at radius 1 is 1.33 bits per heavy atom. The second-order valence-electron chi connectivity index (χ2n) is 5.24. The summed E-state index contributed by atoms with van der Waals surface area (Å²) >= 11 is 2.65. The molecule has 0 saturated carbocycles. The van der Waals surface area contributed by atoms with E-state index in [9.17, 15) is 13.6 Å². The molecule has 7 nitrogen and oxygen atoms in total. The third kappa shape index (κ3) is 6.00. The summed E-state index contributed by atoms with van der Waals surface area (Å²) in [5, 5.41) is 13.6. The molecule has 0 radical (unpaired) electrons. The van der Waals surface area contributed by atoms with E-state index in [1.807, 2.05) is 12.3 Å². The first-order chi connectivity index (χ1) is 13.0. The monoisotopic (exact) mass is 412 g/mol. The molecule has 0 unspecified atom stereocenters. The number of rotatable bonds is 8. The Morgan fingerprint density at radius 2 is 2.11 bits per heavy atom. The summed E-state index contributed by atoms with van der Waals surface area (Å²) in [4.78, 5) is 16.3. The van der Waals surface area contributed by atoms with Crippen molar-refractivity contribution in [2.45, 2.75) is 25.2 Å². The Morgan fingerprint density at radius 3 is 2.78 bits per heavy atom. The number of aromatic nitrogens is 3. The largest absolute Gasteiger partial charge is 0.435 e. The van der Waals surface area contributed by atoms with E-state index in [1.165, 1.54) is 24.3 Å². The molecule has 0 fully saturated rings. The predicted octanol–water partition coefficient (Wildman–Crippen LogP) is 3.76. The van der Waals surface area contributed by atoms with Crippen LogP contribution >= 0.6 is 23.1 Å². The lowest BCUT2D eigenvalue weighted by atomic mass is 10.3. The van der Waals surface area contributed by atoms with Gasteiger partial charge in [0, 0.05) is 11.1 Å². The van der Waals surface area contributed by atoms with Gasteiger partial charge in [-0.1, -0.05) is 11.8 Å². The normalized spacial score (nSPS) is 11.0. The zero-order chi connectivity index (χ0) is 19.2. The van der Waals surface area contributed by atoms with Crippen LogP contribution in [-0.4, -0.2) is 33.5 Å². The number of aryl methyl sites for hydroxylation is 1. The van der Waals surface area contributed by atoms with Crippen molar-refractivity contribution in [1.29, 1.82) is 0 Å². The maximum atomic E-state index is 12.1. The summed E-state index contributed by atoms with van der Waals surface area (Å²) in [5.41, 5.74) is 1.32. The number of ether oxygens (including phenoxy) is 1. The summed E-state index contributed by atoms with van der Waals surface area (Å²) in [6.45, 7) is -0.970. The topological polar surface area (TPSA) is 90.1 Å². The van der Waals surface area contributed by atoms with Crippen LogP contribution in [0.3, 0.4) is 0 Å². The lowest BCUT2D eigenvalue weighted by molar-refractivity contribution is -0.113. The second kappa shape index (κ2) is 8.91. The average Bonchev–Trinajstić information content (AvgIpc) is 3.23. The van der Waals surface area contributed by atoms with Crippen LogP contribution in [-0.2, 0) is 11.2 Å². The summed E-state index contributed by atoms with van der Waals surface area (Å²) in [6, 6.07) is 5.64. The fourth-order valence-electron chi connectivity index (χ4n) is 2.06. The molecule has 1 amide bonds. The molecule has 0 aliphatic rings. The number of thioether (sulfide) groups is 1. The zero-order valence-corrected chi connectivity index (χ0v) is 15.7. The number of carbonyl (C=O) groups excluding carboxylic acids is 1. The van der Waals surface area contributed by atoms with E-state index in [1.54, 1.807) is 11.3 Å². The molecular formula is C16H14F2N4O3S2. The molecule has 0 aliphatic heterocycles. The molecule has 27 heavy (non-hydrogen) atoms. The third-order valence-electron chi connectivity index (χ3n) is 3.14. The van der Waals surface area contributed by atoms with E-state index in [-0.39, 0.29) is 22.6 Å². The smallest absolute Gasteiger partial charge is 0.387 e. The number of hydrogen-bond acceptors (Lipinski definition) is 8. The van der Waals surface area contributed by atoms with E-state index < -0.39 is 6.61 Å². The first-order valence-electron chi connectivity index (χ1n) is 7.69. The molecule has 2 heterocycles. The lowest BCUT2D eigenvalue weighted by Gasteiger charge is -2.06. The fourth-order valence-corrected chi connectivity index (χ4v) is 3.25. The highest BCUT2D eigenvalue weighted by atomic mass is 32.2. The maximum Gasteiger partial charge on any atom is 0.387 e. The van der Waals surface area contributed by atoms with Gasteiger partial charge in [0.1, 0.15) is 5.75 Å². The minimum atomic E-state index is -2.89. The first-order valence-corrected chi connectivity index (χ1v) is 9.55. The minimum absolute atomic E-state index is 0.0195. The molecule has 0 spiro atoms. The van der Waals surface area contributed by atoms with Gasteiger partial charge in [-0.15, -0.1) is 21.5 Å². The third-order valence-corrected chi connectivity index (χ3v) is 4.78. The second-order valence-corrected chi connectivity index (χ2v) is 7.22. The number of halogens is 2. The molecule has 2 aromatic heterocycles. The van der Waals surface area contributed by atoms with Crippen LogP contribution in [0, 0.1) is 6.92 Å². The molecule has 11 heteroatoms. The number of thiazole rings is 1. The van der Waals surface area contributed by atoms with Gasteiger partial charge in [-0.3, -0.25) is 4.79 Å². The molecule has 0 saturated heterocycles. The van der Waals surface area contributed by atoms with Crippen LogP contribution in [0.4, 0.5) is 14.5 Å². The molecule has 0 atom stereocenters. The van der Waals surface area contributed by atoms with Crippen molar-refractivity contribution in [2.75, 3.05) is 11.1 Å². The Kier molecular flexibility index (Phi) is 6.35. The van der Waals surface area contributed by atoms with Gasteiger partial charge in [0.25, 0.3) is 5.22 Å². The van der Waals surface area contributed by atoms with Gasteiger partial charge in [0.05, 0.1) is 22.9 Å². The number of hydrogen-bond donors (Lipinski definition) is 1. The van der Waals surface area contributed by atoms with Crippen molar-refractivity contribution in [3.8, 4) is 5.75 Å². The maximum absolute atomic E-state index is 12.1. The first kappa shape index (κ1) is 19.2. The van der Waals surface area contributed by atoms with Crippen molar-refractivity contribution in [2.24, 2.45) is 0 Å². The van der Waals surface area contributed by atoms with Gasteiger partial charge in [0.2, 0.25) is 11.8 Å². The number of benzene rings is 1. The van der Waals surface area contributed by atoms with E-state index in [4.69, 9.17) is 4.42 Å². The number of anilines is 1. The van der Waals surface area contributed by atoms with Crippen LogP contribution < -0.4 is 10.1 Å². The van der Waals surface area contributed by atoms with Crippen molar-refractivity contribution >= 4 is 34.7 Å². The summed E-state index contributed by atoms with van der Waals surface area (Å²) in [6.07, 6.45) is 0.442. The van der Waals surface area contributed by atoms with Crippen molar-refractivity contribution in [3.05, 3.63) is 46.2 Å². The summed E-state index contributed by atoms with van der Waals surface area (Å²) in [7, 11) is 0. The van der Waals surface area contributed by atoms with Gasteiger partial charge in [-0.25, -0.2) is 4.98 Å². The standard InChI is InChI=1S/C16H14F2N4O3S2/c1-9-19-11(7-26-9)6-14-21-22-16(25-14)27-8-13(23)20-10-2-4-12(5-3-10)24-15(17)18/h2-5,7,15H,6,8H2,1H3,(H,20,23). The van der Waals surface area contributed by atoms with Crippen LogP contribution in [0.15, 0.2) is 39.3 Å². The van der Waals surface area contributed by atoms with Crippen molar-refractivity contribution in [1.82, 2.24) is 15.2 Å². The van der Waals surface area contributed by atoms with Crippen LogP contribution in [0.2, 0.25) is 0 Å². The average molecular weight is 412 g/mol. The van der Waals surface area contributed by atoms with Gasteiger partial charge < -0.3 is 14.5 Å². The SMILES string of the molecule is Cc1nc(Cc2nnc(SCC(=O)Nc3ccc(OC(F)F)cc3)o2)cs1. The Bertz CT molecular complexity index is 899. The number of nitrogens with one attached hydrogen (secondary N) is 1. The quantitative estimate of drug-likeness (QED) is 0.564. The molecule has 0 bridgehead atoms. The Balaban J connectivity index is 1.46. The highest BCUT2D eigenvalue weighted by Gasteiger charge is 2.12. The van der Waals surface area contributed by atoms with Crippen molar-refractivity contribution in [3.63, 3.8) is 0 Å². The van der Waals surface area contributed by atoms with E-state index in [2.05, 4.69) is 25.2 Å². The number of carbonyl (C=O) groups is 1. The van der Waals surface area contributed by atoms with E-state index in [0.717, 1.165) is 22.5 Å². The van der Waals surface area contributed by atoms with E-state index in [0.29, 0.717) is 18.0 Å². The molecule has 142 valence electrons. The Hall–Kier alpha value is -2.53. The van der Waals surface area contributed by atoms with Gasteiger partial charge >= 0.3 is 6.61 Å². The van der Waals surface area contributed by atoms with Gasteiger partial charge in [-0.05, 0) is 31.2 Å². The molecule has 3 aromatic rings. The number of alkyl halides is 2. The van der Waals surface area contributed by atoms with Crippen LogP contribution in [0.1, 0.15) is 16.6 Å². The fraction of sp³-hybridized carbons (Fsp3) is 0.250. The van der Waals surface area contributed by atoms with Gasteiger partial charge in [0.15, 0.2) is 0 Å². The van der Waals surface area contributed by atoms with E-state index >= 15 is 0 Å². The molecule has 1 aromatic carbocycles. The highest BCUT2D eigenvalue weighted by molar-refractivity contribution is 7.99.